The molecule has 76 valence electrons. The highest BCUT2D eigenvalue weighted by Crippen LogP contribution is 2.22. The molecular weight excluding hydrogens is 190 g/mol. The molecular formula is C10H11N5. The Hall–Kier alpha value is -2.17. The average Bonchev–Trinajstić information content (AvgIpc) is 2.63. The first-order valence-electron chi connectivity index (χ1n) is 4.51. The topological polar surface area (TPSA) is 68.6 Å². The first-order chi connectivity index (χ1) is 7.27. The lowest BCUT2D eigenvalue weighted by molar-refractivity contribution is 0.893. The quantitative estimate of drug-likeness (QED) is 0.598. The summed E-state index contributed by atoms with van der Waals surface area (Å²) in [5, 5.41) is 8.02. The second kappa shape index (κ2) is 3.91. The van der Waals surface area contributed by atoms with Crippen LogP contribution in [0.2, 0.25) is 0 Å². The number of nitrogens with two attached hydrogens (primary N) is 1. The Morgan fingerprint density at radius 1 is 1.27 bits per heavy atom. The van der Waals surface area contributed by atoms with E-state index in [-0.39, 0.29) is 0 Å². The minimum atomic E-state index is 0.554. The van der Waals surface area contributed by atoms with Crippen LogP contribution >= 0.6 is 0 Å². The van der Waals surface area contributed by atoms with Crippen LogP contribution in [0.5, 0.6) is 0 Å². The number of anilines is 1. The van der Waals surface area contributed by atoms with Crippen LogP contribution in [0.3, 0.4) is 0 Å². The van der Waals surface area contributed by atoms with Gasteiger partial charge in [0.15, 0.2) is 0 Å². The van der Waals surface area contributed by atoms with Gasteiger partial charge in [-0.25, -0.2) is 4.98 Å². The van der Waals surface area contributed by atoms with E-state index in [4.69, 9.17) is 5.73 Å². The van der Waals surface area contributed by atoms with Gasteiger partial charge in [0.05, 0.1) is 5.69 Å². The van der Waals surface area contributed by atoms with Crippen molar-refractivity contribution in [2.24, 2.45) is 17.3 Å². The third-order valence-corrected chi connectivity index (χ3v) is 1.98. The van der Waals surface area contributed by atoms with Gasteiger partial charge in [-0.15, -0.1) is 10.2 Å². The Bertz CT molecular complexity index is 486. The van der Waals surface area contributed by atoms with E-state index in [9.17, 15) is 0 Å². The van der Waals surface area contributed by atoms with Crippen molar-refractivity contribution in [1.82, 2.24) is 9.55 Å². The largest absolute Gasteiger partial charge is 0.397 e. The fourth-order valence-corrected chi connectivity index (χ4v) is 1.13. The number of aromatic nitrogens is 2. The number of para-hydroxylation sites is 1. The Kier molecular flexibility index (Phi) is 2.45. The number of hydrogen-bond acceptors (Lipinski definition) is 4. The van der Waals surface area contributed by atoms with E-state index in [0.29, 0.717) is 17.3 Å². The molecule has 0 aliphatic rings. The van der Waals surface area contributed by atoms with Crippen molar-refractivity contribution in [3.63, 3.8) is 0 Å². The summed E-state index contributed by atoms with van der Waals surface area (Å²) in [5.41, 5.74) is 6.98. The average molecular weight is 201 g/mol. The maximum atomic E-state index is 5.72. The lowest BCUT2D eigenvalue weighted by Crippen LogP contribution is -1.84. The van der Waals surface area contributed by atoms with Crippen LogP contribution in [-0.2, 0) is 7.05 Å². The molecule has 2 N–H and O–H groups in total. The molecule has 0 amide bonds. The van der Waals surface area contributed by atoms with E-state index in [2.05, 4.69) is 15.2 Å². The lowest BCUT2D eigenvalue weighted by atomic mass is 10.3. The van der Waals surface area contributed by atoms with Crippen LogP contribution in [0.25, 0.3) is 0 Å². The van der Waals surface area contributed by atoms with E-state index < -0.39 is 0 Å². The number of aryl methyl sites for hydroxylation is 1. The summed E-state index contributed by atoms with van der Waals surface area (Å²) in [7, 11) is 1.86. The highest BCUT2D eigenvalue weighted by atomic mass is 15.2. The first-order valence-corrected chi connectivity index (χ1v) is 4.51. The number of hydrogen-bond donors (Lipinski definition) is 1. The standard InChI is InChI=1S/C10H11N5/c1-15-7-6-12-10(15)14-13-9-5-3-2-4-8(9)11/h2-7H,11H2,1H3. The molecule has 0 bridgehead atoms. The smallest absolute Gasteiger partial charge is 0.249 e. The van der Waals surface area contributed by atoms with Crippen molar-refractivity contribution in [1.29, 1.82) is 0 Å². The molecule has 0 atom stereocenters. The summed E-state index contributed by atoms with van der Waals surface area (Å²) >= 11 is 0. The monoisotopic (exact) mass is 201 g/mol. The number of nitrogens with zero attached hydrogens (tertiary/aromatic N) is 4. The number of rotatable bonds is 2. The third-order valence-electron chi connectivity index (χ3n) is 1.98. The summed E-state index contributed by atoms with van der Waals surface area (Å²) in [6.07, 6.45) is 3.48. The highest BCUT2D eigenvalue weighted by molar-refractivity contribution is 5.61. The van der Waals surface area contributed by atoms with E-state index in [0.717, 1.165) is 0 Å². The van der Waals surface area contributed by atoms with Gasteiger partial charge in [-0.1, -0.05) is 12.1 Å². The third kappa shape index (κ3) is 2.01. The Labute approximate surface area is 87.3 Å². The van der Waals surface area contributed by atoms with Crippen LogP contribution in [0, 0.1) is 0 Å². The van der Waals surface area contributed by atoms with Crippen LogP contribution in [0.15, 0.2) is 46.9 Å². The summed E-state index contributed by atoms with van der Waals surface area (Å²) in [6.45, 7) is 0. The number of benzene rings is 1. The van der Waals surface area contributed by atoms with Crippen molar-refractivity contribution in [2.45, 2.75) is 0 Å². The van der Waals surface area contributed by atoms with E-state index >= 15 is 0 Å². The van der Waals surface area contributed by atoms with Gasteiger partial charge in [0.25, 0.3) is 0 Å². The summed E-state index contributed by atoms with van der Waals surface area (Å²) in [6, 6.07) is 7.31. The maximum Gasteiger partial charge on any atom is 0.249 e. The number of nitrogen functional groups attached to an aromatic ring is 1. The minimum absolute atomic E-state index is 0.554. The molecule has 0 fully saturated rings. The SMILES string of the molecule is Cn1ccnc1N=Nc1ccccc1N. The molecule has 0 saturated heterocycles. The lowest BCUT2D eigenvalue weighted by Gasteiger charge is -1.96. The molecule has 1 aromatic carbocycles. The zero-order valence-corrected chi connectivity index (χ0v) is 8.33. The van der Waals surface area contributed by atoms with Crippen molar-refractivity contribution >= 4 is 17.3 Å². The second-order valence-electron chi connectivity index (χ2n) is 3.10. The Morgan fingerprint density at radius 3 is 2.73 bits per heavy atom. The molecule has 15 heavy (non-hydrogen) atoms. The molecule has 5 nitrogen and oxygen atoms in total. The minimum Gasteiger partial charge on any atom is -0.397 e. The molecule has 0 aliphatic carbocycles. The van der Waals surface area contributed by atoms with Crippen LogP contribution < -0.4 is 5.73 Å². The fraction of sp³-hybridized carbons (Fsp3) is 0.100. The molecule has 0 saturated carbocycles. The predicted molar refractivity (Wildman–Crippen MR) is 58.2 cm³/mol. The van der Waals surface area contributed by atoms with Crippen molar-refractivity contribution in [3.05, 3.63) is 36.7 Å². The van der Waals surface area contributed by atoms with E-state index in [1.807, 2.05) is 31.4 Å². The van der Waals surface area contributed by atoms with Crippen LogP contribution in [0.1, 0.15) is 0 Å². The molecule has 2 aromatic rings. The van der Waals surface area contributed by atoms with Crippen molar-refractivity contribution in [2.75, 3.05) is 5.73 Å². The Morgan fingerprint density at radius 2 is 2.07 bits per heavy atom. The zero-order valence-electron chi connectivity index (χ0n) is 8.33. The highest BCUT2D eigenvalue weighted by Gasteiger charge is 1.97. The Balaban J connectivity index is 2.26. The normalized spacial score (nSPS) is 11.0. The first kappa shape index (κ1) is 9.39. The molecule has 0 spiro atoms. The second-order valence-corrected chi connectivity index (χ2v) is 3.10. The maximum absolute atomic E-state index is 5.72. The van der Waals surface area contributed by atoms with Gasteiger partial charge in [0, 0.05) is 19.4 Å². The molecule has 1 aromatic heterocycles. The van der Waals surface area contributed by atoms with E-state index in [1.54, 1.807) is 16.8 Å². The van der Waals surface area contributed by atoms with Gasteiger partial charge in [0.1, 0.15) is 5.69 Å². The summed E-state index contributed by atoms with van der Waals surface area (Å²) in [4.78, 5) is 4.02. The van der Waals surface area contributed by atoms with Gasteiger partial charge < -0.3 is 10.3 Å². The van der Waals surface area contributed by atoms with Gasteiger partial charge >= 0.3 is 0 Å². The van der Waals surface area contributed by atoms with Gasteiger partial charge in [0.2, 0.25) is 5.95 Å². The fourth-order valence-electron chi connectivity index (χ4n) is 1.13. The van der Waals surface area contributed by atoms with Crippen LogP contribution in [-0.4, -0.2) is 9.55 Å². The molecule has 0 aliphatic heterocycles. The van der Waals surface area contributed by atoms with Gasteiger partial charge in [-0.05, 0) is 12.1 Å². The van der Waals surface area contributed by atoms with E-state index in [1.165, 1.54) is 0 Å². The number of imidazole rings is 1. The van der Waals surface area contributed by atoms with Crippen molar-refractivity contribution in [3.8, 4) is 0 Å². The summed E-state index contributed by atoms with van der Waals surface area (Å²) in [5.74, 6) is 0.554. The molecule has 2 rings (SSSR count). The molecule has 5 heteroatoms. The predicted octanol–water partition coefficient (Wildman–Crippen LogP) is 2.42. The van der Waals surface area contributed by atoms with Gasteiger partial charge in [-0.2, -0.15) is 0 Å². The molecule has 1 heterocycles. The van der Waals surface area contributed by atoms with Crippen LogP contribution in [0.4, 0.5) is 17.3 Å². The van der Waals surface area contributed by atoms with Gasteiger partial charge in [-0.3, -0.25) is 0 Å². The zero-order chi connectivity index (χ0) is 10.7. The molecule has 0 unspecified atom stereocenters. The number of azo groups is 1. The summed E-state index contributed by atoms with van der Waals surface area (Å²) < 4.78 is 1.78. The van der Waals surface area contributed by atoms with Crippen molar-refractivity contribution < 1.29 is 0 Å². The molecule has 0 radical (unpaired) electrons.